The fraction of sp³-hybridized carbons (Fsp3) is 0.846. The van der Waals surface area contributed by atoms with E-state index in [4.69, 9.17) is 0 Å². The molecule has 0 heterocycles. The van der Waals surface area contributed by atoms with Gasteiger partial charge in [-0.25, -0.2) is 0 Å². The third-order valence-electron chi connectivity index (χ3n) is 4.40. The number of Topliss-reactive ketones (excluding diaryl/α,β-unsaturated/α-hetero) is 2. The molecule has 2 heteroatoms. The van der Waals surface area contributed by atoms with Crippen molar-refractivity contribution in [2.75, 3.05) is 0 Å². The van der Waals surface area contributed by atoms with Crippen molar-refractivity contribution in [3.05, 3.63) is 0 Å². The number of rotatable bonds is 0. The van der Waals surface area contributed by atoms with Crippen LogP contribution in [0.4, 0.5) is 0 Å². The van der Waals surface area contributed by atoms with Crippen molar-refractivity contribution >= 4 is 11.6 Å². The Morgan fingerprint density at radius 1 is 1.07 bits per heavy atom. The van der Waals surface area contributed by atoms with Gasteiger partial charge in [-0.2, -0.15) is 0 Å². The van der Waals surface area contributed by atoms with E-state index in [2.05, 4.69) is 0 Å². The highest BCUT2D eigenvalue weighted by Gasteiger charge is 2.46. The highest BCUT2D eigenvalue weighted by atomic mass is 16.1. The summed E-state index contributed by atoms with van der Waals surface area (Å²) >= 11 is 0. The lowest BCUT2D eigenvalue weighted by Crippen LogP contribution is -2.39. The molecule has 0 spiro atoms. The van der Waals surface area contributed by atoms with Crippen molar-refractivity contribution in [2.24, 2.45) is 17.3 Å². The van der Waals surface area contributed by atoms with Crippen molar-refractivity contribution in [2.45, 2.75) is 52.4 Å². The summed E-state index contributed by atoms with van der Waals surface area (Å²) in [6.45, 7) is 4.08. The average molecular weight is 208 g/mol. The lowest BCUT2D eigenvalue weighted by molar-refractivity contribution is -0.135. The first kappa shape index (κ1) is 10.8. The van der Waals surface area contributed by atoms with Crippen LogP contribution in [-0.2, 0) is 9.59 Å². The van der Waals surface area contributed by atoms with E-state index < -0.39 is 0 Å². The van der Waals surface area contributed by atoms with E-state index in [-0.39, 0.29) is 11.3 Å². The molecule has 2 nitrogen and oxygen atoms in total. The molecule has 2 saturated carbocycles. The second kappa shape index (κ2) is 3.73. The molecule has 2 aliphatic rings. The highest BCUT2D eigenvalue weighted by Crippen LogP contribution is 2.46. The van der Waals surface area contributed by atoms with Crippen LogP contribution >= 0.6 is 0 Å². The van der Waals surface area contributed by atoms with Gasteiger partial charge in [0.05, 0.1) is 0 Å². The third-order valence-corrected chi connectivity index (χ3v) is 4.40. The van der Waals surface area contributed by atoms with Crippen molar-refractivity contribution in [1.82, 2.24) is 0 Å². The smallest absolute Gasteiger partial charge is 0.138 e. The Kier molecular flexibility index (Phi) is 2.70. The van der Waals surface area contributed by atoms with E-state index >= 15 is 0 Å². The van der Waals surface area contributed by atoms with Crippen molar-refractivity contribution in [3.8, 4) is 0 Å². The van der Waals surface area contributed by atoms with E-state index in [1.165, 1.54) is 0 Å². The van der Waals surface area contributed by atoms with Crippen LogP contribution < -0.4 is 0 Å². The zero-order valence-corrected chi connectivity index (χ0v) is 9.71. The van der Waals surface area contributed by atoms with Gasteiger partial charge in [-0.15, -0.1) is 0 Å². The molecule has 0 N–H and O–H groups in total. The van der Waals surface area contributed by atoms with Crippen molar-refractivity contribution in [3.63, 3.8) is 0 Å². The Morgan fingerprint density at radius 2 is 1.80 bits per heavy atom. The first-order valence-electron chi connectivity index (χ1n) is 6.09. The van der Waals surface area contributed by atoms with E-state index in [0.29, 0.717) is 30.3 Å². The summed E-state index contributed by atoms with van der Waals surface area (Å²) in [6.07, 6.45) is 5.20. The predicted octanol–water partition coefficient (Wildman–Crippen LogP) is 2.75. The van der Waals surface area contributed by atoms with E-state index in [0.717, 1.165) is 25.7 Å². The minimum absolute atomic E-state index is 0.184. The fourth-order valence-corrected chi connectivity index (χ4v) is 3.35. The Labute approximate surface area is 91.4 Å². The van der Waals surface area contributed by atoms with Crippen LogP contribution in [0.1, 0.15) is 52.4 Å². The van der Waals surface area contributed by atoms with Gasteiger partial charge in [-0.3, -0.25) is 9.59 Å². The van der Waals surface area contributed by atoms with Gasteiger partial charge in [0, 0.05) is 24.2 Å². The Morgan fingerprint density at radius 3 is 2.53 bits per heavy atom. The molecule has 84 valence electrons. The summed E-state index contributed by atoms with van der Waals surface area (Å²) in [6, 6.07) is 0. The SMILES string of the molecule is CC1(C)C(=O)CCCC(=O)[C@H]2CCC[C@H]21. The summed E-state index contributed by atoms with van der Waals surface area (Å²) in [5.74, 6) is 1.28. The predicted molar refractivity (Wildman–Crippen MR) is 58.5 cm³/mol. The van der Waals surface area contributed by atoms with Gasteiger partial charge < -0.3 is 0 Å². The second-order valence-electron chi connectivity index (χ2n) is 5.61. The van der Waals surface area contributed by atoms with Crippen LogP contribution in [0.15, 0.2) is 0 Å². The summed E-state index contributed by atoms with van der Waals surface area (Å²) in [5, 5.41) is 0. The van der Waals surface area contributed by atoms with Gasteiger partial charge in [-0.1, -0.05) is 20.3 Å². The molecule has 0 aromatic carbocycles. The minimum atomic E-state index is -0.267. The highest BCUT2D eigenvalue weighted by molar-refractivity contribution is 5.89. The normalized spacial score (nSPS) is 35.9. The van der Waals surface area contributed by atoms with Crippen molar-refractivity contribution in [1.29, 1.82) is 0 Å². The van der Waals surface area contributed by atoms with E-state index in [1.54, 1.807) is 0 Å². The molecule has 0 radical (unpaired) electrons. The van der Waals surface area contributed by atoms with Gasteiger partial charge in [0.2, 0.25) is 0 Å². The van der Waals surface area contributed by atoms with Crippen LogP contribution in [0.2, 0.25) is 0 Å². The van der Waals surface area contributed by atoms with Gasteiger partial charge in [-0.05, 0) is 25.2 Å². The molecule has 0 aromatic rings. The van der Waals surface area contributed by atoms with Gasteiger partial charge in [0.25, 0.3) is 0 Å². The summed E-state index contributed by atoms with van der Waals surface area (Å²) in [7, 11) is 0. The van der Waals surface area contributed by atoms with Gasteiger partial charge in [0.1, 0.15) is 11.6 Å². The molecule has 15 heavy (non-hydrogen) atoms. The molecule has 0 unspecified atom stereocenters. The molecular formula is C13H20O2. The molecule has 2 atom stereocenters. The van der Waals surface area contributed by atoms with E-state index in [9.17, 15) is 9.59 Å². The zero-order chi connectivity index (χ0) is 11.1. The molecule has 2 aliphatic carbocycles. The molecule has 2 rings (SSSR count). The number of hydrogen-bond acceptors (Lipinski definition) is 2. The zero-order valence-electron chi connectivity index (χ0n) is 9.71. The van der Waals surface area contributed by atoms with Gasteiger partial charge >= 0.3 is 0 Å². The van der Waals surface area contributed by atoms with Crippen LogP contribution in [0.5, 0.6) is 0 Å². The number of carbonyl (C=O) groups excluding carboxylic acids is 2. The standard InChI is InChI=1S/C13H20O2/c1-13(2)10-6-3-5-9(10)11(14)7-4-8-12(13)15/h9-10H,3-8H2,1-2H3/t9-,10+/m0/s1. The maximum Gasteiger partial charge on any atom is 0.138 e. The first-order valence-corrected chi connectivity index (χ1v) is 6.09. The largest absolute Gasteiger partial charge is 0.299 e. The van der Waals surface area contributed by atoms with Crippen molar-refractivity contribution < 1.29 is 9.59 Å². The maximum absolute atomic E-state index is 12.0. The minimum Gasteiger partial charge on any atom is -0.299 e. The molecule has 0 amide bonds. The summed E-state index contributed by atoms with van der Waals surface area (Å²) < 4.78 is 0. The fourth-order valence-electron chi connectivity index (χ4n) is 3.35. The number of carbonyl (C=O) groups is 2. The molecule has 2 fully saturated rings. The van der Waals surface area contributed by atoms with Crippen LogP contribution in [0.25, 0.3) is 0 Å². The molecule has 0 aliphatic heterocycles. The van der Waals surface area contributed by atoms with Crippen LogP contribution in [0, 0.1) is 17.3 Å². The third kappa shape index (κ3) is 1.75. The molecule has 0 bridgehead atoms. The lowest BCUT2D eigenvalue weighted by atomic mass is 9.67. The Balaban J connectivity index is 2.29. The second-order valence-corrected chi connectivity index (χ2v) is 5.61. The van der Waals surface area contributed by atoms with E-state index in [1.807, 2.05) is 13.8 Å². The van der Waals surface area contributed by atoms with Crippen LogP contribution in [0.3, 0.4) is 0 Å². The maximum atomic E-state index is 12.0. The van der Waals surface area contributed by atoms with Gasteiger partial charge in [0.15, 0.2) is 0 Å². The summed E-state index contributed by atoms with van der Waals surface area (Å²) in [5.41, 5.74) is -0.267. The lowest BCUT2D eigenvalue weighted by Gasteiger charge is -2.35. The Hall–Kier alpha value is -0.660. The summed E-state index contributed by atoms with van der Waals surface area (Å²) in [4.78, 5) is 24.0. The number of ketones is 2. The Bertz CT molecular complexity index is 291. The molecule has 0 saturated heterocycles. The molecular weight excluding hydrogens is 188 g/mol. The van der Waals surface area contributed by atoms with Crippen LogP contribution in [-0.4, -0.2) is 11.6 Å². The number of hydrogen-bond donors (Lipinski definition) is 0. The quantitative estimate of drug-likeness (QED) is 0.613. The monoisotopic (exact) mass is 208 g/mol. The topological polar surface area (TPSA) is 34.1 Å². The molecule has 0 aromatic heterocycles. The average Bonchev–Trinajstić information content (AvgIpc) is 2.64. The number of fused-ring (bicyclic) bond motifs is 1. The first-order chi connectivity index (χ1) is 7.03.